The topological polar surface area (TPSA) is 76.5 Å². The van der Waals surface area contributed by atoms with E-state index >= 15 is 0 Å². The molecule has 0 fully saturated rings. The van der Waals surface area contributed by atoms with Crippen molar-refractivity contribution in [2.24, 2.45) is 5.92 Å². The van der Waals surface area contributed by atoms with Crippen molar-refractivity contribution in [3.05, 3.63) is 41.5 Å². The van der Waals surface area contributed by atoms with Crippen molar-refractivity contribution < 1.29 is 18.7 Å². The minimum Gasteiger partial charge on any atom is -0.475 e. The van der Waals surface area contributed by atoms with Crippen LogP contribution in [0.3, 0.4) is 0 Å². The number of aromatic carboxylic acids is 1. The quantitative estimate of drug-likeness (QED) is 0.867. The summed E-state index contributed by atoms with van der Waals surface area (Å²) < 4.78 is 10.5. The second kappa shape index (κ2) is 5.73. The van der Waals surface area contributed by atoms with E-state index in [9.17, 15) is 4.79 Å². The summed E-state index contributed by atoms with van der Waals surface area (Å²) in [5.74, 6) is 0.515. The minimum atomic E-state index is -1.06. The molecule has 0 aliphatic rings. The Morgan fingerprint density at radius 3 is 2.79 bits per heavy atom. The zero-order valence-electron chi connectivity index (χ0n) is 11.0. The lowest BCUT2D eigenvalue weighted by Gasteiger charge is -2.00. The summed E-state index contributed by atoms with van der Waals surface area (Å²) in [5.41, 5.74) is 0.525. The number of furan rings is 1. The number of rotatable bonds is 6. The Morgan fingerprint density at radius 2 is 2.21 bits per heavy atom. The first-order chi connectivity index (χ1) is 9.06. The van der Waals surface area contributed by atoms with Gasteiger partial charge in [-0.3, -0.25) is 0 Å². The molecule has 2 rings (SSSR count). The van der Waals surface area contributed by atoms with Gasteiger partial charge in [-0.15, -0.1) is 0 Å². The van der Waals surface area contributed by atoms with Crippen LogP contribution in [0.4, 0.5) is 0 Å². The van der Waals surface area contributed by atoms with E-state index in [1.165, 1.54) is 0 Å². The zero-order chi connectivity index (χ0) is 13.8. The Labute approximate surface area is 111 Å². The largest absolute Gasteiger partial charge is 0.475 e. The van der Waals surface area contributed by atoms with Crippen molar-refractivity contribution >= 4 is 5.97 Å². The summed E-state index contributed by atoms with van der Waals surface area (Å²) >= 11 is 0. The molecule has 1 N–H and O–H groups in total. The predicted molar refractivity (Wildman–Crippen MR) is 68.1 cm³/mol. The molecule has 0 aliphatic heterocycles. The Morgan fingerprint density at radius 1 is 1.42 bits per heavy atom. The lowest BCUT2D eigenvalue weighted by atomic mass is 10.1. The van der Waals surface area contributed by atoms with Gasteiger partial charge in [-0.2, -0.15) is 0 Å². The number of aryl methyl sites for hydroxylation is 2. The number of carboxylic acid groups (broad SMARTS) is 1. The molecule has 19 heavy (non-hydrogen) atoms. The maximum Gasteiger partial charge on any atom is 0.373 e. The van der Waals surface area contributed by atoms with E-state index in [0.29, 0.717) is 36.8 Å². The van der Waals surface area contributed by atoms with Gasteiger partial charge in [0.2, 0.25) is 5.76 Å². The number of carbonyl (C=O) groups is 1. The molecule has 0 bridgehead atoms. The van der Waals surface area contributed by atoms with Crippen LogP contribution in [0.2, 0.25) is 0 Å². The molecular formula is C14H17NO4. The molecule has 2 heterocycles. The molecule has 0 aromatic carbocycles. The van der Waals surface area contributed by atoms with Gasteiger partial charge in [0.15, 0.2) is 5.89 Å². The van der Waals surface area contributed by atoms with Gasteiger partial charge < -0.3 is 13.9 Å². The van der Waals surface area contributed by atoms with E-state index in [2.05, 4.69) is 4.98 Å². The highest BCUT2D eigenvalue weighted by molar-refractivity contribution is 5.85. The molecule has 0 unspecified atom stereocenters. The van der Waals surface area contributed by atoms with Gasteiger partial charge >= 0.3 is 5.97 Å². The number of hydrogen-bond donors (Lipinski definition) is 1. The van der Waals surface area contributed by atoms with Gasteiger partial charge in [0, 0.05) is 12.8 Å². The first-order valence-electron chi connectivity index (χ1n) is 6.30. The molecular weight excluding hydrogens is 246 g/mol. The SMILES string of the molecule is CC(C)Cc1nc(CCc2ccco2)oc1C(=O)O. The number of hydrogen-bond acceptors (Lipinski definition) is 4. The van der Waals surface area contributed by atoms with E-state index in [0.717, 1.165) is 5.76 Å². The minimum absolute atomic E-state index is 0.0388. The van der Waals surface area contributed by atoms with Gasteiger partial charge in [-0.1, -0.05) is 13.8 Å². The fourth-order valence-corrected chi connectivity index (χ4v) is 1.88. The molecule has 0 saturated carbocycles. The highest BCUT2D eigenvalue weighted by atomic mass is 16.4. The molecule has 5 heteroatoms. The second-order valence-electron chi connectivity index (χ2n) is 4.87. The van der Waals surface area contributed by atoms with Gasteiger partial charge in [-0.25, -0.2) is 9.78 Å². The summed E-state index contributed by atoms with van der Waals surface area (Å²) in [4.78, 5) is 15.4. The monoisotopic (exact) mass is 263 g/mol. The third kappa shape index (κ3) is 3.47. The highest BCUT2D eigenvalue weighted by Crippen LogP contribution is 2.17. The maximum atomic E-state index is 11.1. The summed E-state index contributed by atoms with van der Waals surface area (Å²) in [6.07, 6.45) is 3.39. The fourth-order valence-electron chi connectivity index (χ4n) is 1.88. The molecule has 0 amide bonds. The van der Waals surface area contributed by atoms with Gasteiger partial charge in [0.1, 0.15) is 5.76 Å². The van der Waals surface area contributed by atoms with Crippen molar-refractivity contribution in [3.8, 4) is 0 Å². The van der Waals surface area contributed by atoms with Gasteiger partial charge in [0.25, 0.3) is 0 Å². The Kier molecular flexibility index (Phi) is 4.04. The van der Waals surface area contributed by atoms with Crippen LogP contribution >= 0.6 is 0 Å². The lowest BCUT2D eigenvalue weighted by Crippen LogP contribution is -2.03. The van der Waals surface area contributed by atoms with Crippen LogP contribution in [0, 0.1) is 5.92 Å². The number of aromatic nitrogens is 1. The van der Waals surface area contributed by atoms with Crippen molar-refractivity contribution in [3.63, 3.8) is 0 Å². The van der Waals surface area contributed by atoms with E-state index in [-0.39, 0.29) is 5.76 Å². The van der Waals surface area contributed by atoms with Crippen LogP contribution in [0.15, 0.2) is 27.2 Å². The molecule has 2 aromatic heterocycles. The van der Waals surface area contributed by atoms with Crippen LogP contribution in [-0.2, 0) is 19.3 Å². The van der Waals surface area contributed by atoms with Crippen LogP contribution in [0.25, 0.3) is 0 Å². The number of nitrogens with zero attached hydrogens (tertiary/aromatic N) is 1. The molecule has 0 aliphatic carbocycles. The lowest BCUT2D eigenvalue weighted by molar-refractivity contribution is 0.0658. The zero-order valence-corrected chi connectivity index (χ0v) is 11.0. The Bertz CT molecular complexity index is 540. The van der Waals surface area contributed by atoms with Gasteiger partial charge in [-0.05, 0) is 24.5 Å². The summed E-state index contributed by atoms with van der Waals surface area (Å²) in [5, 5.41) is 9.09. The summed E-state index contributed by atoms with van der Waals surface area (Å²) in [6.45, 7) is 4.03. The fraction of sp³-hybridized carbons (Fsp3) is 0.429. The van der Waals surface area contributed by atoms with E-state index in [4.69, 9.17) is 13.9 Å². The van der Waals surface area contributed by atoms with Crippen molar-refractivity contribution in [2.75, 3.05) is 0 Å². The molecule has 102 valence electrons. The smallest absolute Gasteiger partial charge is 0.373 e. The van der Waals surface area contributed by atoms with Crippen LogP contribution < -0.4 is 0 Å². The van der Waals surface area contributed by atoms with E-state index in [1.807, 2.05) is 26.0 Å². The second-order valence-corrected chi connectivity index (χ2v) is 4.87. The molecule has 0 spiro atoms. The third-order valence-electron chi connectivity index (χ3n) is 2.70. The van der Waals surface area contributed by atoms with Crippen molar-refractivity contribution in [1.29, 1.82) is 0 Å². The Balaban J connectivity index is 2.10. The number of oxazole rings is 1. The van der Waals surface area contributed by atoms with Crippen molar-refractivity contribution in [2.45, 2.75) is 33.1 Å². The summed E-state index contributed by atoms with van der Waals surface area (Å²) in [7, 11) is 0. The average molecular weight is 263 g/mol. The number of carboxylic acids is 1. The molecule has 0 radical (unpaired) electrons. The first kappa shape index (κ1) is 13.4. The summed E-state index contributed by atoms with van der Waals surface area (Å²) in [6, 6.07) is 3.69. The van der Waals surface area contributed by atoms with Crippen LogP contribution in [-0.4, -0.2) is 16.1 Å². The average Bonchev–Trinajstić information content (AvgIpc) is 2.94. The van der Waals surface area contributed by atoms with E-state index < -0.39 is 5.97 Å². The Hall–Kier alpha value is -2.04. The highest BCUT2D eigenvalue weighted by Gasteiger charge is 2.20. The van der Waals surface area contributed by atoms with E-state index in [1.54, 1.807) is 6.26 Å². The molecule has 0 saturated heterocycles. The first-order valence-corrected chi connectivity index (χ1v) is 6.30. The molecule has 0 atom stereocenters. The molecule has 5 nitrogen and oxygen atoms in total. The van der Waals surface area contributed by atoms with Gasteiger partial charge in [0.05, 0.1) is 12.0 Å². The third-order valence-corrected chi connectivity index (χ3v) is 2.70. The predicted octanol–water partition coefficient (Wildman–Crippen LogP) is 2.95. The van der Waals surface area contributed by atoms with Crippen molar-refractivity contribution in [1.82, 2.24) is 4.98 Å². The standard InChI is InChI=1S/C14H17NO4/c1-9(2)8-11-13(14(16)17)19-12(15-11)6-5-10-4-3-7-18-10/h3-4,7,9H,5-6,8H2,1-2H3,(H,16,17). The van der Waals surface area contributed by atoms with Crippen LogP contribution in [0.1, 0.15) is 41.7 Å². The normalized spacial score (nSPS) is 11.1. The molecule has 2 aromatic rings. The maximum absolute atomic E-state index is 11.1. The van der Waals surface area contributed by atoms with Crippen LogP contribution in [0.5, 0.6) is 0 Å².